The number of Topliss-reactive ketones (excluding diaryl/α,β-unsaturated/α-hetero) is 1. The summed E-state index contributed by atoms with van der Waals surface area (Å²) >= 11 is 9.01. The van der Waals surface area contributed by atoms with Gasteiger partial charge in [0.05, 0.1) is 41.0 Å². The van der Waals surface area contributed by atoms with Crippen LogP contribution in [-0.2, 0) is 6.42 Å². The van der Waals surface area contributed by atoms with Gasteiger partial charge < -0.3 is 10.8 Å². The molecule has 184 valence electrons. The average Bonchev–Trinajstić information content (AvgIpc) is 3.30. The molecule has 0 radical (unpaired) electrons. The third kappa shape index (κ3) is 14.8. The number of ketones is 1. The minimum absolute atomic E-state index is 0.130. The number of nitrogens with zero attached hydrogens (tertiary/aromatic N) is 3. The Bertz CT molecular complexity index is 1120. The summed E-state index contributed by atoms with van der Waals surface area (Å²) in [4.78, 5) is 15.7. The Balaban J connectivity index is 0.000000508. The number of thiocarbonyl (C=S) groups is 1. The lowest BCUT2D eigenvalue weighted by atomic mass is 10.1. The minimum atomic E-state index is 0.130. The minimum Gasteiger partial charge on any atom is -0.397 e. The van der Waals surface area contributed by atoms with Gasteiger partial charge in [-0.2, -0.15) is 10.5 Å². The number of halogens is 1. The number of nitriles is 2. The SMILES string of the molecule is CCO.Cc1ccc(-c2csc(CC#N)n2)cc1.Cc1ccc(C(=O)CBr)cc1.N#CCC(N)=S. The van der Waals surface area contributed by atoms with E-state index >= 15 is 0 Å². The van der Waals surface area contributed by atoms with Crippen LogP contribution < -0.4 is 5.73 Å². The molecule has 1 heterocycles. The standard InChI is InChI=1S/C12H10N2S.C9H9BrO.C3H4N2S.C2H6O/c1-9-2-4-10(5-3-9)11-8-15-12(14-11)6-7-13;1-7-2-4-8(5-3-7)9(11)6-10;4-2-1-3(5)6;1-2-3/h2-5,8H,6H2,1H3;2-5H,6H2,1H3;1H2,(H2,5,6);3H,2H2,1H3. The Morgan fingerprint density at radius 3 is 2.00 bits per heavy atom. The first kappa shape index (κ1) is 32.0. The van der Waals surface area contributed by atoms with Gasteiger partial charge in [-0.15, -0.1) is 11.3 Å². The summed E-state index contributed by atoms with van der Waals surface area (Å²) in [5, 5.41) is 27.2. The van der Waals surface area contributed by atoms with Crippen molar-refractivity contribution in [1.82, 2.24) is 4.98 Å². The van der Waals surface area contributed by atoms with Gasteiger partial charge in [-0.25, -0.2) is 4.98 Å². The van der Waals surface area contributed by atoms with E-state index in [1.54, 1.807) is 13.0 Å². The summed E-state index contributed by atoms with van der Waals surface area (Å²) in [6, 6.07) is 19.7. The van der Waals surface area contributed by atoms with Gasteiger partial charge in [0, 0.05) is 23.1 Å². The van der Waals surface area contributed by atoms with Crippen LogP contribution in [0, 0.1) is 36.5 Å². The Morgan fingerprint density at radius 2 is 1.60 bits per heavy atom. The van der Waals surface area contributed by atoms with Crippen molar-refractivity contribution < 1.29 is 9.90 Å². The first-order chi connectivity index (χ1) is 16.7. The zero-order valence-corrected chi connectivity index (χ0v) is 23.2. The van der Waals surface area contributed by atoms with Crippen molar-refractivity contribution in [3.8, 4) is 23.4 Å². The number of nitrogens with two attached hydrogens (primary N) is 1. The number of hydrogen-bond donors (Lipinski definition) is 2. The van der Waals surface area contributed by atoms with Crippen LogP contribution in [0.4, 0.5) is 0 Å². The number of hydrogen-bond acceptors (Lipinski definition) is 7. The molecule has 1 aromatic heterocycles. The largest absolute Gasteiger partial charge is 0.397 e. The molecule has 0 amide bonds. The van der Waals surface area contributed by atoms with Gasteiger partial charge in [-0.3, -0.25) is 4.79 Å². The molecule has 0 atom stereocenters. The molecular weight excluding hydrogens is 544 g/mol. The average molecular weight is 574 g/mol. The van der Waals surface area contributed by atoms with Crippen molar-refractivity contribution in [2.75, 3.05) is 11.9 Å². The zero-order valence-electron chi connectivity index (χ0n) is 20.0. The number of alkyl halides is 1. The Morgan fingerprint density at radius 1 is 1.09 bits per heavy atom. The summed E-state index contributed by atoms with van der Waals surface area (Å²) in [5.74, 6) is 0.130. The maximum Gasteiger partial charge on any atom is 0.173 e. The third-order valence-corrected chi connectivity index (χ3v) is 5.38. The maximum atomic E-state index is 11.1. The fourth-order valence-electron chi connectivity index (χ4n) is 2.21. The van der Waals surface area contributed by atoms with Gasteiger partial charge >= 0.3 is 0 Å². The number of rotatable bonds is 5. The van der Waals surface area contributed by atoms with Crippen LogP contribution in [0.1, 0.15) is 39.8 Å². The normalized spacial score (nSPS) is 8.89. The fourth-order valence-corrected chi connectivity index (χ4v) is 3.33. The van der Waals surface area contributed by atoms with Crippen LogP contribution >= 0.6 is 39.5 Å². The molecule has 0 saturated carbocycles. The van der Waals surface area contributed by atoms with Crippen LogP contribution in [0.15, 0.2) is 53.9 Å². The molecule has 0 aliphatic heterocycles. The molecule has 0 saturated heterocycles. The summed E-state index contributed by atoms with van der Waals surface area (Å²) in [6.07, 6.45) is 0.589. The van der Waals surface area contributed by atoms with Crippen molar-refractivity contribution in [3.05, 3.63) is 75.6 Å². The van der Waals surface area contributed by atoms with Crippen molar-refractivity contribution in [2.24, 2.45) is 5.73 Å². The van der Waals surface area contributed by atoms with E-state index in [1.165, 1.54) is 22.5 Å². The second kappa shape index (κ2) is 19.4. The number of aliphatic hydroxyl groups is 1. The van der Waals surface area contributed by atoms with E-state index in [9.17, 15) is 4.79 Å². The fraction of sp³-hybridized carbons (Fsp3) is 0.269. The summed E-state index contributed by atoms with van der Waals surface area (Å²) in [7, 11) is 0. The van der Waals surface area contributed by atoms with E-state index in [-0.39, 0.29) is 23.8 Å². The van der Waals surface area contributed by atoms with E-state index in [2.05, 4.69) is 70.4 Å². The number of thiazole rings is 1. The third-order valence-electron chi connectivity index (χ3n) is 3.88. The predicted molar refractivity (Wildman–Crippen MR) is 151 cm³/mol. The van der Waals surface area contributed by atoms with Gasteiger partial charge in [-0.05, 0) is 20.8 Å². The monoisotopic (exact) mass is 572 g/mol. The smallest absolute Gasteiger partial charge is 0.173 e. The lowest BCUT2D eigenvalue weighted by molar-refractivity contribution is 0.102. The molecule has 0 aliphatic carbocycles. The molecule has 3 aromatic rings. The highest BCUT2D eigenvalue weighted by Gasteiger charge is 2.03. The van der Waals surface area contributed by atoms with Gasteiger partial charge in [0.25, 0.3) is 0 Å². The Hall–Kier alpha value is -2.95. The molecule has 0 unspecified atom stereocenters. The number of aryl methyl sites for hydroxylation is 2. The Labute approximate surface area is 225 Å². The highest BCUT2D eigenvalue weighted by molar-refractivity contribution is 9.09. The Kier molecular flexibility index (Phi) is 17.7. The van der Waals surface area contributed by atoms with E-state index in [4.69, 9.17) is 21.4 Å². The molecule has 9 heteroatoms. The second-order valence-electron chi connectivity index (χ2n) is 6.87. The van der Waals surface area contributed by atoms with Crippen LogP contribution in [0.5, 0.6) is 0 Å². The number of benzene rings is 2. The van der Waals surface area contributed by atoms with Crippen molar-refractivity contribution in [2.45, 2.75) is 33.6 Å². The molecule has 0 bridgehead atoms. The lowest BCUT2D eigenvalue weighted by Gasteiger charge is -1.96. The molecule has 2 aromatic carbocycles. The first-order valence-corrected chi connectivity index (χ1v) is 12.9. The molecule has 3 rings (SSSR count). The highest BCUT2D eigenvalue weighted by Crippen LogP contribution is 2.22. The molecular formula is C26H29BrN4O2S2. The number of aromatic nitrogens is 1. The van der Waals surface area contributed by atoms with Crippen molar-refractivity contribution >= 4 is 50.3 Å². The molecule has 0 spiro atoms. The van der Waals surface area contributed by atoms with E-state index < -0.39 is 0 Å². The molecule has 35 heavy (non-hydrogen) atoms. The summed E-state index contributed by atoms with van der Waals surface area (Å²) < 4.78 is 0. The molecule has 6 nitrogen and oxygen atoms in total. The lowest BCUT2D eigenvalue weighted by Crippen LogP contribution is -2.04. The predicted octanol–water partition coefficient (Wildman–Crippen LogP) is 5.94. The van der Waals surface area contributed by atoms with E-state index in [1.807, 2.05) is 36.6 Å². The van der Waals surface area contributed by atoms with Crippen molar-refractivity contribution in [3.63, 3.8) is 0 Å². The van der Waals surface area contributed by atoms with Crippen LogP contribution in [0.2, 0.25) is 0 Å². The molecule has 3 N–H and O–H groups in total. The zero-order chi connectivity index (χ0) is 26.6. The topological polar surface area (TPSA) is 124 Å². The van der Waals surface area contributed by atoms with Gasteiger partial charge in [0.2, 0.25) is 0 Å². The van der Waals surface area contributed by atoms with Crippen LogP contribution in [0.3, 0.4) is 0 Å². The van der Waals surface area contributed by atoms with E-state index in [0.29, 0.717) is 11.8 Å². The van der Waals surface area contributed by atoms with Gasteiger partial charge in [0.1, 0.15) is 5.01 Å². The maximum absolute atomic E-state index is 11.1. The van der Waals surface area contributed by atoms with Crippen LogP contribution in [-0.4, -0.2) is 32.8 Å². The summed E-state index contributed by atoms with van der Waals surface area (Å²) in [6.45, 7) is 5.99. The quantitative estimate of drug-likeness (QED) is 0.220. The van der Waals surface area contributed by atoms with Gasteiger partial charge in [0.15, 0.2) is 5.78 Å². The highest BCUT2D eigenvalue weighted by atomic mass is 79.9. The van der Waals surface area contributed by atoms with Crippen molar-refractivity contribution in [1.29, 1.82) is 10.5 Å². The number of aliphatic hydroxyl groups excluding tert-OH is 1. The number of carbonyl (C=O) groups is 1. The van der Waals surface area contributed by atoms with Crippen LogP contribution in [0.25, 0.3) is 11.3 Å². The second-order valence-corrected chi connectivity index (χ2v) is 8.90. The number of carbonyl (C=O) groups excluding carboxylic acids is 1. The van der Waals surface area contributed by atoms with E-state index in [0.717, 1.165) is 21.8 Å². The molecule has 0 aliphatic rings. The molecule has 0 fully saturated rings. The summed E-state index contributed by atoms with van der Waals surface area (Å²) in [5.41, 5.74) is 10.2. The first-order valence-electron chi connectivity index (χ1n) is 10.5. The van der Waals surface area contributed by atoms with Gasteiger partial charge in [-0.1, -0.05) is 87.8 Å².